The number of ether oxygens (including phenoxy) is 1. The molecule has 0 amide bonds. The largest absolute Gasteiger partial charge is 0.459 e. The Kier molecular flexibility index (Phi) is 5.82. The standard InChI is InChI=1S/C27H28N4O2/c1-17-18(2)28-25-23(17)26(31-24(30-25)19-9-5-3-6-10-19)29-21-13-15-22(16-14-21)33-27(32)20-11-7-4-8-12-20/h3-12,21-22H,13-16H2,1-2H3,(H2,28,29,30,31). The summed E-state index contributed by atoms with van der Waals surface area (Å²) < 4.78 is 5.75. The minimum absolute atomic E-state index is 0.0442. The molecule has 1 saturated carbocycles. The number of aromatic nitrogens is 3. The van der Waals surface area contributed by atoms with Crippen molar-refractivity contribution in [1.29, 1.82) is 0 Å². The van der Waals surface area contributed by atoms with Crippen molar-refractivity contribution in [2.75, 3.05) is 5.32 Å². The van der Waals surface area contributed by atoms with Gasteiger partial charge in [0.1, 0.15) is 17.6 Å². The molecule has 0 radical (unpaired) electrons. The summed E-state index contributed by atoms with van der Waals surface area (Å²) in [5.74, 6) is 1.33. The summed E-state index contributed by atoms with van der Waals surface area (Å²) in [6.07, 6.45) is 3.46. The van der Waals surface area contributed by atoms with Gasteiger partial charge in [-0.2, -0.15) is 0 Å². The third kappa shape index (κ3) is 4.46. The SMILES string of the molecule is Cc1[nH]c2nc(-c3ccccc3)nc(NC3CCC(OC(=O)c4ccccc4)CC3)c2c1C. The van der Waals surface area contributed by atoms with E-state index in [1.807, 2.05) is 48.5 Å². The molecule has 0 unspecified atom stereocenters. The van der Waals surface area contributed by atoms with E-state index in [0.29, 0.717) is 11.4 Å². The number of carbonyl (C=O) groups is 1. The second-order valence-electron chi connectivity index (χ2n) is 8.75. The van der Waals surface area contributed by atoms with Crippen molar-refractivity contribution in [2.24, 2.45) is 0 Å². The zero-order valence-corrected chi connectivity index (χ0v) is 19.0. The van der Waals surface area contributed by atoms with Gasteiger partial charge in [-0.05, 0) is 57.2 Å². The second kappa shape index (κ2) is 9.06. The minimum atomic E-state index is -0.240. The molecule has 2 heterocycles. The molecule has 2 aromatic carbocycles. The molecule has 6 heteroatoms. The number of H-pyrrole nitrogens is 1. The van der Waals surface area contributed by atoms with Crippen molar-refractivity contribution in [3.63, 3.8) is 0 Å². The molecule has 1 fully saturated rings. The smallest absolute Gasteiger partial charge is 0.338 e. The Bertz CT molecular complexity index is 1260. The van der Waals surface area contributed by atoms with Gasteiger partial charge in [-0.25, -0.2) is 14.8 Å². The van der Waals surface area contributed by atoms with Gasteiger partial charge >= 0.3 is 5.97 Å². The van der Waals surface area contributed by atoms with Crippen LogP contribution < -0.4 is 5.32 Å². The molecule has 1 aliphatic rings. The van der Waals surface area contributed by atoms with E-state index < -0.39 is 0 Å². The predicted molar refractivity (Wildman–Crippen MR) is 130 cm³/mol. The van der Waals surface area contributed by atoms with Crippen molar-refractivity contribution in [2.45, 2.75) is 51.7 Å². The fraction of sp³-hybridized carbons (Fsp3) is 0.296. The van der Waals surface area contributed by atoms with Crippen LogP contribution in [0.1, 0.15) is 47.3 Å². The Balaban J connectivity index is 1.32. The highest BCUT2D eigenvalue weighted by Gasteiger charge is 2.26. The van der Waals surface area contributed by atoms with Crippen LogP contribution in [0, 0.1) is 13.8 Å². The molecule has 0 saturated heterocycles. The Labute approximate surface area is 193 Å². The first-order valence-corrected chi connectivity index (χ1v) is 11.5. The number of aromatic amines is 1. The van der Waals surface area contributed by atoms with E-state index in [4.69, 9.17) is 14.7 Å². The highest BCUT2D eigenvalue weighted by molar-refractivity contribution is 5.93. The van der Waals surface area contributed by atoms with Crippen molar-refractivity contribution in [3.8, 4) is 11.4 Å². The first kappa shape index (κ1) is 21.2. The molecule has 0 bridgehead atoms. The van der Waals surface area contributed by atoms with Gasteiger partial charge in [0.25, 0.3) is 0 Å². The molecular formula is C27H28N4O2. The number of esters is 1. The summed E-state index contributed by atoms with van der Waals surface area (Å²) in [5, 5.41) is 4.73. The lowest BCUT2D eigenvalue weighted by molar-refractivity contribution is 0.0202. The molecule has 1 aliphatic carbocycles. The summed E-state index contributed by atoms with van der Waals surface area (Å²) in [5.41, 5.74) is 4.71. The quantitative estimate of drug-likeness (QED) is 0.382. The highest BCUT2D eigenvalue weighted by atomic mass is 16.5. The van der Waals surface area contributed by atoms with E-state index >= 15 is 0 Å². The number of hydrogen-bond donors (Lipinski definition) is 2. The Hall–Kier alpha value is -3.67. The van der Waals surface area contributed by atoms with Gasteiger partial charge < -0.3 is 15.0 Å². The Morgan fingerprint density at radius 2 is 1.61 bits per heavy atom. The molecule has 2 aromatic heterocycles. The molecule has 6 nitrogen and oxygen atoms in total. The first-order valence-electron chi connectivity index (χ1n) is 11.5. The van der Waals surface area contributed by atoms with Gasteiger partial charge in [-0.15, -0.1) is 0 Å². The maximum Gasteiger partial charge on any atom is 0.338 e. The molecule has 0 aliphatic heterocycles. The van der Waals surface area contributed by atoms with E-state index in [1.54, 1.807) is 12.1 Å². The second-order valence-corrected chi connectivity index (χ2v) is 8.75. The number of hydrogen-bond acceptors (Lipinski definition) is 5. The lowest BCUT2D eigenvalue weighted by atomic mass is 9.92. The first-order chi connectivity index (χ1) is 16.1. The van der Waals surface area contributed by atoms with Crippen LogP contribution in [-0.4, -0.2) is 33.1 Å². The van der Waals surface area contributed by atoms with Gasteiger partial charge in [-0.3, -0.25) is 0 Å². The average Bonchev–Trinajstić information content (AvgIpc) is 3.14. The van der Waals surface area contributed by atoms with Crippen molar-refractivity contribution >= 4 is 22.8 Å². The van der Waals surface area contributed by atoms with E-state index in [-0.39, 0.29) is 18.1 Å². The van der Waals surface area contributed by atoms with Crippen LogP contribution >= 0.6 is 0 Å². The number of aryl methyl sites for hydroxylation is 2. The van der Waals surface area contributed by atoms with Crippen LogP contribution in [-0.2, 0) is 4.74 Å². The van der Waals surface area contributed by atoms with Crippen molar-refractivity contribution in [3.05, 3.63) is 77.5 Å². The molecule has 2 N–H and O–H groups in total. The van der Waals surface area contributed by atoms with Gasteiger partial charge in [0.15, 0.2) is 5.82 Å². The zero-order chi connectivity index (χ0) is 22.8. The third-order valence-electron chi connectivity index (χ3n) is 6.48. The van der Waals surface area contributed by atoms with E-state index in [0.717, 1.165) is 59.4 Å². The number of anilines is 1. The number of carbonyl (C=O) groups excluding carboxylic acids is 1. The Morgan fingerprint density at radius 3 is 2.30 bits per heavy atom. The number of benzene rings is 2. The number of nitrogens with one attached hydrogen (secondary N) is 2. The zero-order valence-electron chi connectivity index (χ0n) is 19.0. The fourth-order valence-corrected chi connectivity index (χ4v) is 4.50. The van der Waals surface area contributed by atoms with Gasteiger partial charge in [0.2, 0.25) is 0 Å². The highest BCUT2D eigenvalue weighted by Crippen LogP contribution is 2.32. The lowest BCUT2D eigenvalue weighted by Crippen LogP contribution is -2.31. The predicted octanol–water partition coefficient (Wildman–Crippen LogP) is 5.82. The van der Waals surface area contributed by atoms with Crippen molar-refractivity contribution in [1.82, 2.24) is 15.0 Å². The van der Waals surface area contributed by atoms with Crippen molar-refractivity contribution < 1.29 is 9.53 Å². The van der Waals surface area contributed by atoms with Crippen LogP contribution in [0.15, 0.2) is 60.7 Å². The van der Waals surface area contributed by atoms with Crippen LogP contribution in [0.4, 0.5) is 5.82 Å². The summed E-state index contributed by atoms with van der Waals surface area (Å²) in [7, 11) is 0. The molecule has 0 atom stereocenters. The van der Waals surface area contributed by atoms with Crippen LogP contribution in [0.2, 0.25) is 0 Å². The number of fused-ring (bicyclic) bond motifs is 1. The molecule has 168 valence electrons. The Morgan fingerprint density at radius 1 is 0.939 bits per heavy atom. The molecule has 4 aromatic rings. The third-order valence-corrected chi connectivity index (χ3v) is 6.48. The monoisotopic (exact) mass is 440 g/mol. The topological polar surface area (TPSA) is 79.9 Å². The maximum atomic E-state index is 12.4. The van der Waals surface area contributed by atoms with Crippen LogP contribution in [0.3, 0.4) is 0 Å². The van der Waals surface area contributed by atoms with E-state index in [9.17, 15) is 4.79 Å². The van der Waals surface area contributed by atoms with Crippen LogP contribution in [0.25, 0.3) is 22.4 Å². The maximum absolute atomic E-state index is 12.4. The van der Waals surface area contributed by atoms with E-state index in [2.05, 4.69) is 24.1 Å². The normalized spacial score (nSPS) is 18.2. The molecular weight excluding hydrogens is 412 g/mol. The fourth-order valence-electron chi connectivity index (χ4n) is 4.50. The summed E-state index contributed by atoms with van der Waals surface area (Å²) in [4.78, 5) is 25.5. The van der Waals surface area contributed by atoms with Gasteiger partial charge in [0.05, 0.1) is 10.9 Å². The summed E-state index contributed by atoms with van der Waals surface area (Å²) in [6, 6.07) is 19.5. The summed E-state index contributed by atoms with van der Waals surface area (Å²) in [6.45, 7) is 4.17. The molecule has 5 rings (SSSR count). The molecule has 33 heavy (non-hydrogen) atoms. The minimum Gasteiger partial charge on any atom is -0.459 e. The number of nitrogens with zero attached hydrogens (tertiary/aromatic N) is 2. The molecule has 0 spiro atoms. The average molecular weight is 441 g/mol. The van der Waals surface area contributed by atoms with Gasteiger partial charge in [0, 0.05) is 17.3 Å². The number of rotatable bonds is 5. The van der Waals surface area contributed by atoms with Crippen LogP contribution in [0.5, 0.6) is 0 Å². The lowest BCUT2D eigenvalue weighted by Gasteiger charge is -2.29. The van der Waals surface area contributed by atoms with E-state index in [1.165, 1.54) is 0 Å². The van der Waals surface area contributed by atoms with Gasteiger partial charge in [-0.1, -0.05) is 48.5 Å². The summed E-state index contributed by atoms with van der Waals surface area (Å²) >= 11 is 0.